The van der Waals surface area contributed by atoms with Crippen LogP contribution in [-0.4, -0.2) is 13.4 Å². The average molecular weight is 407 g/mol. The minimum Gasteiger partial charge on any atom is -0.399 e. The summed E-state index contributed by atoms with van der Waals surface area (Å²) in [5, 5.41) is 0. The predicted octanol–water partition coefficient (Wildman–Crippen LogP) is 2.99. The van der Waals surface area contributed by atoms with E-state index < -0.39 is 10.0 Å². The molecule has 0 bridgehead atoms. The summed E-state index contributed by atoms with van der Waals surface area (Å²) in [5.41, 5.74) is 6.48. The normalized spacial score (nSPS) is 11.3. The minimum absolute atomic E-state index is 0.0885. The number of halogens is 2. The molecule has 2 aromatic rings. The molecule has 0 amide bonds. The predicted molar refractivity (Wildman–Crippen MR) is 81.3 cm³/mol. The SMILES string of the molecule is Nc1cc(Br)c(S(=O)(=O)Nc2cccnc2)c(Br)c1. The molecule has 0 aliphatic carbocycles. The van der Waals surface area contributed by atoms with Gasteiger partial charge < -0.3 is 5.73 Å². The monoisotopic (exact) mass is 405 g/mol. The molecule has 1 heterocycles. The van der Waals surface area contributed by atoms with Crippen molar-refractivity contribution in [1.29, 1.82) is 0 Å². The second-order valence-corrected chi connectivity index (χ2v) is 6.99. The van der Waals surface area contributed by atoms with E-state index in [2.05, 4.69) is 41.6 Å². The van der Waals surface area contributed by atoms with Crippen molar-refractivity contribution < 1.29 is 8.42 Å². The van der Waals surface area contributed by atoms with Crippen LogP contribution in [-0.2, 0) is 10.0 Å². The van der Waals surface area contributed by atoms with E-state index >= 15 is 0 Å². The number of nitrogens with two attached hydrogens (primary N) is 1. The van der Waals surface area contributed by atoms with Gasteiger partial charge in [0.25, 0.3) is 10.0 Å². The molecule has 1 aromatic heterocycles. The average Bonchev–Trinajstić information content (AvgIpc) is 2.27. The van der Waals surface area contributed by atoms with Gasteiger partial charge in [-0.25, -0.2) is 8.42 Å². The van der Waals surface area contributed by atoms with Gasteiger partial charge in [0.05, 0.1) is 11.9 Å². The van der Waals surface area contributed by atoms with E-state index in [0.29, 0.717) is 20.3 Å². The van der Waals surface area contributed by atoms with E-state index in [1.54, 1.807) is 18.3 Å². The van der Waals surface area contributed by atoms with E-state index in [0.717, 1.165) is 0 Å². The molecule has 3 N–H and O–H groups in total. The number of nitrogens with zero attached hydrogens (tertiary/aromatic N) is 1. The summed E-state index contributed by atoms with van der Waals surface area (Å²) in [5.74, 6) is 0. The first-order chi connectivity index (χ1) is 8.90. The fraction of sp³-hybridized carbons (Fsp3) is 0. The summed E-state index contributed by atoms with van der Waals surface area (Å²) >= 11 is 6.40. The molecule has 1 aromatic carbocycles. The van der Waals surface area contributed by atoms with Gasteiger partial charge >= 0.3 is 0 Å². The van der Waals surface area contributed by atoms with Gasteiger partial charge in [0, 0.05) is 20.8 Å². The highest BCUT2D eigenvalue weighted by molar-refractivity contribution is 9.11. The molecule has 100 valence electrons. The number of nitrogens with one attached hydrogen (secondary N) is 1. The Labute approximate surface area is 127 Å². The fourth-order valence-electron chi connectivity index (χ4n) is 1.47. The number of nitrogen functional groups attached to an aromatic ring is 1. The molecular formula is C11H9Br2N3O2S. The smallest absolute Gasteiger partial charge is 0.264 e. The van der Waals surface area contributed by atoms with Crippen LogP contribution in [0.3, 0.4) is 0 Å². The van der Waals surface area contributed by atoms with Crippen molar-refractivity contribution in [2.75, 3.05) is 10.5 Å². The highest BCUT2D eigenvalue weighted by Gasteiger charge is 2.21. The van der Waals surface area contributed by atoms with Gasteiger partial charge in [-0.1, -0.05) is 0 Å². The third-order valence-electron chi connectivity index (χ3n) is 2.20. The lowest BCUT2D eigenvalue weighted by Gasteiger charge is -2.11. The van der Waals surface area contributed by atoms with Crippen molar-refractivity contribution in [2.45, 2.75) is 4.90 Å². The first-order valence-electron chi connectivity index (χ1n) is 5.07. The van der Waals surface area contributed by atoms with Crippen LogP contribution in [0.5, 0.6) is 0 Å². The molecule has 0 aliphatic heterocycles. The fourth-order valence-corrected chi connectivity index (χ4v) is 5.13. The summed E-state index contributed by atoms with van der Waals surface area (Å²) in [6.45, 7) is 0. The van der Waals surface area contributed by atoms with Crippen LogP contribution >= 0.6 is 31.9 Å². The van der Waals surface area contributed by atoms with Crippen LogP contribution in [0.4, 0.5) is 11.4 Å². The van der Waals surface area contributed by atoms with Gasteiger partial charge in [-0.3, -0.25) is 9.71 Å². The minimum atomic E-state index is -3.73. The Kier molecular flexibility index (Phi) is 4.12. The maximum atomic E-state index is 12.3. The van der Waals surface area contributed by atoms with Crippen LogP contribution in [0.2, 0.25) is 0 Å². The number of pyridine rings is 1. The number of hydrogen-bond acceptors (Lipinski definition) is 4. The first-order valence-corrected chi connectivity index (χ1v) is 8.14. The highest BCUT2D eigenvalue weighted by atomic mass is 79.9. The lowest BCUT2D eigenvalue weighted by atomic mass is 10.3. The molecule has 0 saturated carbocycles. The molecule has 5 nitrogen and oxygen atoms in total. The molecule has 0 atom stereocenters. The van der Waals surface area contributed by atoms with Gasteiger partial charge in [0.1, 0.15) is 4.90 Å². The van der Waals surface area contributed by atoms with Crippen LogP contribution in [0.1, 0.15) is 0 Å². The van der Waals surface area contributed by atoms with Crippen molar-refractivity contribution in [3.8, 4) is 0 Å². The van der Waals surface area contributed by atoms with Crippen molar-refractivity contribution >= 4 is 53.3 Å². The number of anilines is 2. The zero-order valence-electron chi connectivity index (χ0n) is 9.47. The van der Waals surface area contributed by atoms with Gasteiger partial charge in [-0.15, -0.1) is 0 Å². The van der Waals surface area contributed by atoms with Crippen LogP contribution < -0.4 is 10.5 Å². The summed E-state index contributed by atoms with van der Waals surface area (Å²) in [4.78, 5) is 3.94. The van der Waals surface area contributed by atoms with E-state index in [1.807, 2.05) is 0 Å². The Morgan fingerprint density at radius 1 is 1.21 bits per heavy atom. The molecule has 0 unspecified atom stereocenters. The van der Waals surface area contributed by atoms with Crippen LogP contribution in [0.15, 0.2) is 50.5 Å². The maximum Gasteiger partial charge on any atom is 0.264 e. The molecule has 0 aliphatic rings. The number of aromatic nitrogens is 1. The van der Waals surface area contributed by atoms with E-state index in [4.69, 9.17) is 5.73 Å². The molecule has 0 radical (unpaired) electrons. The zero-order valence-corrected chi connectivity index (χ0v) is 13.5. The van der Waals surface area contributed by atoms with E-state index in [1.165, 1.54) is 18.3 Å². The molecule has 8 heteroatoms. The molecule has 0 fully saturated rings. The van der Waals surface area contributed by atoms with Crippen molar-refractivity contribution in [3.05, 3.63) is 45.6 Å². The number of rotatable bonds is 3. The quantitative estimate of drug-likeness (QED) is 0.767. The lowest BCUT2D eigenvalue weighted by molar-refractivity contribution is 0.600. The summed E-state index contributed by atoms with van der Waals surface area (Å²) in [6.07, 6.45) is 2.99. The second kappa shape index (κ2) is 5.48. The van der Waals surface area contributed by atoms with Crippen LogP contribution in [0.25, 0.3) is 0 Å². The van der Waals surface area contributed by atoms with Crippen molar-refractivity contribution in [3.63, 3.8) is 0 Å². The Bertz CT molecular complexity index is 682. The Balaban J connectivity index is 2.46. The number of benzene rings is 1. The molecule has 0 saturated heterocycles. The first kappa shape index (κ1) is 14.3. The summed E-state index contributed by atoms with van der Waals surface area (Å²) in [6, 6.07) is 6.32. The number of hydrogen-bond donors (Lipinski definition) is 2. The summed E-state index contributed by atoms with van der Waals surface area (Å²) < 4.78 is 27.8. The number of sulfonamides is 1. The molecule has 2 rings (SSSR count). The van der Waals surface area contributed by atoms with Gasteiger partial charge in [0.2, 0.25) is 0 Å². The largest absolute Gasteiger partial charge is 0.399 e. The van der Waals surface area contributed by atoms with Gasteiger partial charge in [0.15, 0.2) is 0 Å². The van der Waals surface area contributed by atoms with Crippen LogP contribution in [0, 0.1) is 0 Å². The van der Waals surface area contributed by atoms with Crippen molar-refractivity contribution in [1.82, 2.24) is 4.98 Å². The third kappa shape index (κ3) is 3.26. The highest BCUT2D eigenvalue weighted by Crippen LogP contribution is 2.33. The molecule has 0 spiro atoms. The topological polar surface area (TPSA) is 85.1 Å². The van der Waals surface area contributed by atoms with Gasteiger partial charge in [-0.2, -0.15) is 0 Å². The molecular weight excluding hydrogens is 398 g/mol. The van der Waals surface area contributed by atoms with Gasteiger partial charge in [-0.05, 0) is 56.1 Å². The van der Waals surface area contributed by atoms with E-state index in [-0.39, 0.29) is 4.90 Å². The Morgan fingerprint density at radius 2 is 1.84 bits per heavy atom. The molecule has 19 heavy (non-hydrogen) atoms. The standard InChI is InChI=1S/C11H9Br2N3O2S/c12-9-4-7(14)5-10(13)11(9)19(17,18)16-8-2-1-3-15-6-8/h1-6,16H,14H2. The third-order valence-corrected chi connectivity index (χ3v) is 5.46. The lowest BCUT2D eigenvalue weighted by Crippen LogP contribution is -2.14. The Hall–Kier alpha value is -1.12. The maximum absolute atomic E-state index is 12.3. The van der Waals surface area contributed by atoms with Crippen molar-refractivity contribution in [2.24, 2.45) is 0 Å². The summed E-state index contributed by atoms with van der Waals surface area (Å²) in [7, 11) is -3.73. The Morgan fingerprint density at radius 3 is 2.37 bits per heavy atom. The second-order valence-electron chi connectivity index (χ2n) is 3.66. The van der Waals surface area contributed by atoms with E-state index in [9.17, 15) is 8.42 Å². The zero-order chi connectivity index (χ0) is 14.0.